The number of carboxylic acid groups (broad SMARTS) is 1. The van der Waals surface area contributed by atoms with E-state index in [0.29, 0.717) is 6.04 Å². The fraction of sp³-hybridized carbons (Fsp3) is 0.625. The van der Waals surface area contributed by atoms with Gasteiger partial charge in [-0.2, -0.15) is 0 Å². The van der Waals surface area contributed by atoms with E-state index in [1.54, 1.807) is 0 Å². The summed E-state index contributed by atoms with van der Waals surface area (Å²) in [5.74, 6) is -0.913. The first kappa shape index (κ1) is 10.0. The number of carboxylic acids is 1. The molecule has 2 N–H and O–H groups in total. The van der Waals surface area contributed by atoms with Crippen LogP contribution < -0.4 is 5.32 Å². The molecule has 0 fully saturated rings. The highest BCUT2D eigenvalue weighted by Crippen LogP contribution is 1.94. The Labute approximate surface area is 67.1 Å². The highest BCUT2D eigenvalue weighted by atomic mass is 16.4. The third-order valence-corrected chi connectivity index (χ3v) is 1.54. The standard InChI is InChI=1S/C8H15NO2/c1-3-7(4-2)9-6-5-8(10)11/h5-7,9H,3-4H2,1-2H3,(H,10,11)/b6-5+. The topological polar surface area (TPSA) is 49.3 Å². The maximum absolute atomic E-state index is 10.0. The van der Waals surface area contributed by atoms with Gasteiger partial charge in [-0.05, 0) is 12.8 Å². The SMILES string of the molecule is CCC(CC)N/C=C/C(=O)O. The lowest BCUT2D eigenvalue weighted by atomic mass is 10.2. The average Bonchev–Trinajstić information content (AvgIpc) is 1.98. The van der Waals surface area contributed by atoms with Gasteiger partial charge < -0.3 is 10.4 Å². The fourth-order valence-corrected chi connectivity index (χ4v) is 0.780. The second-order valence-electron chi connectivity index (χ2n) is 2.35. The van der Waals surface area contributed by atoms with Crippen molar-refractivity contribution in [3.8, 4) is 0 Å². The molecule has 0 atom stereocenters. The van der Waals surface area contributed by atoms with E-state index in [1.807, 2.05) is 0 Å². The molecule has 0 aliphatic carbocycles. The summed E-state index contributed by atoms with van der Waals surface area (Å²) in [7, 11) is 0. The predicted octanol–water partition coefficient (Wildman–Crippen LogP) is 1.36. The van der Waals surface area contributed by atoms with E-state index in [-0.39, 0.29) is 0 Å². The Bertz CT molecular complexity index is 139. The monoisotopic (exact) mass is 157 g/mol. The summed E-state index contributed by atoms with van der Waals surface area (Å²) in [5.41, 5.74) is 0. The van der Waals surface area contributed by atoms with Gasteiger partial charge in [-0.15, -0.1) is 0 Å². The third kappa shape index (κ3) is 5.45. The average molecular weight is 157 g/mol. The molecule has 0 aromatic carbocycles. The molecule has 0 unspecified atom stereocenters. The van der Waals surface area contributed by atoms with Crippen LogP contribution in [0.1, 0.15) is 26.7 Å². The van der Waals surface area contributed by atoms with Crippen LogP contribution in [-0.4, -0.2) is 17.1 Å². The van der Waals surface area contributed by atoms with Crippen LogP contribution >= 0.6 is 0 Å². The molecule has 0 rings (SSSR count). The van der Waals surface area contributed by atoms with E-state index < -0.39 is 5.97 Å². The molecule has 11 heavy (non-hydrogen) atoms. The van der Waals surface area contributed by atoms with Gasteiger partial charge in [-0.1, -0.05) is 13.8 Å². The maximum Gasteiger partial charge on any atom is 0.329 e. The quantitative estimate of drug-likeness (QED) is 0.592. The Kier molecular flexibility index (Phi) is 5.25. The Morgan fingerprint density at radius 1 is 1.55 bits per heavy atom. The number of hydrogen-bond acceptors (Lipinski definition) is 2. The lowest BCUT2D eigenvalue weighted by Gasteiger charge is -2.10. The van der Waals surface area contributed by atoms with Crippen molar-refractivity contribution in [2.75, 3.05) is 0 Å². The summed E-state index contributed by atoms with van der Waals surface area (Å²) in [6.45, 7) is 4.13. The summed E-state index contributed by atoms with van der Waals surface area (Å²) in [5, 5.41) is 11.2. The van der Waals surface area contributed by atoms with Crippen molar-refractivity contribution in [1.29, 1.82) is 0 Å². The number of rotatable bonds is 5. The molecular formula is C8H15NO2. The van der Waals surface area contributed by atoms with Gasteiger partial charge in [-0.3, -0.25) is 0 Å². The zero-order valence-corrected chi connectivity index (χ0v) is 7.00. The minimum Gasteiger partial charge on any atom is -0.478 e. The Morgan fingerprint density at radius 2 is 2.09 bits per heavy atom. The van der Waals surface area contributed by atoms with E-state index in [9.17, 15) is 4.79 Å². The number of aliphatic carboxylic acids is 1. The maximum atomic E-state index is 10.0. The largest absolute Gasteiger partial charge is 0.478 e. The molecular weight excluding hydrogens is 142 g/mol. The van der Waals surface area contributed by atoms with E-state index >= 15 is 0 Å². The Morgan fingerprint density at radius 3 is 2.45 bits per heavy atom. The van der Waals surface area contributed by atoms with Crippen molar-refractivity contribution in [1.82, 2.24) is 5.32 Å². The molecule has 0 aliphatic heterocycles. The summed E-state index contributed by atoms with van der Waals surface area (Å²) in [6, 6.07) is 0.394. The molecule has 0 bridgehead atoms. The predicted molar refractivity (Wildman–Crippen MR) is 44.3 cm³/mol. The number of nitrogens with one attached hydrogen (secondary N) is 1. The van der Waals surface area contributed by atoms with Crippen LogP contribution in [0.4, 0.5) is 0 Å². The molecule has 0 amide bonds. The molecule has 0 heterocycles. The van der Waals surface area contributed by atoms with Crippen LogP contribution in [0.3, 0.4) is 0 Å². The van der Waals surface area contributed by atoms with Gasteiger partial charge in [0.15, 0.2) is 0 Å². The minimum atomic E-state index is -0.913. The van der Waals surface area contributed by atoms with E-state index in [1.165, 1.54) is 6.20 Å². The molecule has 0 aromatic rings. The van der Waals surface area contributed by atoms with Crippen LogP contribution in [0.2, 0.25) is 0 Å². The van der Waals surface area contributed by atoms with Gasteiger partial charge in [0.1, 0.15) is 0 Å². The van der Waals surface area contributed by atoms with Crippen molar-refractivity contribution >= 4 is 5.97 Å². The van der Waals surface area contributed by atoms with Gasteiger partial charge in [0.25, 0.3) is 0 Å². The second-order valence-corrected chi connectivity index (χ2v) is 2.35. The Balaban J connectivity index is 3.57. The number of carbonyl (C=O) groups is 1. The van der Waals surface area contributed by atoms with E-state index in [4.69, 9.17) is 5.11 Å². The van der Waals surface area contributed by atoms with Crippen LogP contribution in [0, 0.1) is 0 Å². The van der Waals surface area contributed by atoms with Gasteiger partial charge in [-0.25, -0.2) is 4.79 Å². The lowest BCUT2D eigenvalue weighted by Crippen LogP contribution is -2.22. The number of hydrogen-bond donors (Lipinski definition) is 2. The first-order chi connectivity index (χ1) is 5.20. The highest BCUT2D eigenvalue weighted by Gasteiger charge is 1.97. The van der Waals surface area contributed by atoms with Crippen molar-refractivity contribution in [2.45, 2.75) is 32.7 Å². The van der Waals surface area contributed by atoms with Crippen molar-refractivity contribution in [3.05, 3.63) is 12.3 Å². The van der Waals surface area contributed by atoms with Crippen molar-refractivity contribution < 1.29 is 9.90 Å². The fourth-order valence-electron chi connectivity index (χ4n) is 0.780. The summed E-state index contributed by atoms with van der Waals surface area (Å²) < 4.78 is 0. The highest BCUT2D eigenvalue weighted by molar-refractivity contribution is 5.79. The van der Waals surface area contributed by atoms with Crippen molar-refractivity contribution in [3.63, 3.8) is 0 Å². The van der Waals surface area contributed by atoms with Gasteiger partial charge in [0, 0.05) is 18.3 Å². The van der Waals surface area contributed by atoms with Gasteiger partial charge in [0.05, 0.1) is 0 Å². The van der Waals surface area contributed by atoms with Gasteiger partial charge in [0.2, 0.25) is 0 Å². The normalized spacial score (nSPS) is 10.8. The first-order valence-electron chi connectivity index (χ1n) is 3.86. The smallest absolute Gasteiger partial charge is 0.329 e. The first-order valence-corrected chi connectivity index (χ1v) is 3.86. The summed E-state index contributed by atoms with van der Waals surface area (Å²) in [4.78, 5) is 10.0. The molecule has 0 saturated heterocycles. The van der Waals surface area contributed by atoms with Crippen LogP contribution in [0.25, 0.3) is 0 Å². The summed E-state index contributed by atoms with van der Waals surface area (Å²) >= 11 is 0. The second kappa shape index (κ2) is 5.77. The van der Waals surface area contributed by atoms with Crippen LogP contribution in [0.5, 0.6) is 0 Å². The molecule has 64 valence electrons. The molecule has 0 radical (unpaired) electrons. The third-order valence-electron chi connectivity index (χ3n) is 1.54. The molecule has 3 heteroatoms. The molecule has 0 aromatic heterocycles. The Hall–Kier alpha value is -0.990. The van der Waals surface area contributed by atoms with E-state index in [0.717, 1.165) is 18.9 Å². The van der Waals surface area contributed by atoms with Crippen LogP contribution in [-0.2, 0) is 4.79 Å². The summed E-state index contributed by atoms with van der Waals surface area (Å²) in [6.07, 6.45) is 4.62. The molecule has 3 nitrogen and oxygen atoms in total. The molecule has 0 spiro atoms. The molecule has 0 aliphatic rings. The van der Waals surface area contributed by atoms with Crippen LogP contribution in [0.15, 0.2) is 12.3 Å². The van der Waals surface area contributed by atoms with E-state index in [2.05, 4.69) is 19.2 Å². The minimum absolute atomic E-state index is 0.394. The molecule has 0 saturated carbocycles. The van der Waals surface area contributed by atoms with Crippen molar-refractivity contribution in [2.24, 2.45) is 0 Å². The zero-order chi connectivity index (χ0) is 8.69. The van der Waals surface area contributed by atoms with Gasteiger partial charge >= 0.3 is 5.97 Å². The lowest BCUT2D eigenvalue weighted by molar-refractivity contribution is -0.131. The zero-order valence-electron chi connectivity index (χ0n) is 7.00.